The zero-order chi connectivity index (χ0) is 14.8. The molecule has 0 aromatic carbocycles. The summed E-state index contributed by atoms with van der Waals surface area (Å²) in [5.41, 5.74) is 5.11. The minimum Gasteiger partial charge on any atom is -0.368 e. The van der Waals surface area contributed by atoms with Crippen LogP contribution in [0.2, 0.25) is 0 Å². The molecule has 3 N–H and O–H groups in total. The molecule has 1 heterocycles. The van der Waals surface area contributed by atoms with Crippen molar-refractivity contribution in [1.29, 1.82) is 0 Å². The second kappa shape index (κ2) is 6.44. The highest BCUT2D eigenvalue weighted by Gasteiger charge is 2.39. The van der Waals surface area contributed by atoms with Gasteiger partial charge in [-0.15, -0.1) is 0 Å². The summed E-state index contributed by atoms with van der Waals surface area (Å²) in [6.07, 6.45) is 8.38. The molecule has 2 rings (SSSR count). The van der Waals surface area contributed by atoms with E-state index >= 15 is 0 Å². The van der Waals surface area contributed by atoms with Crippen LogP contribution in [-0.4, -0.2) is 41.0 Å². The average Bonchev–Trinajstić information content (AvgIpc) is 3.17. The van der Waals surface area contributed by atoms with Crippen LogP contribution in [0.4, 0.5) is 0 Å². The zero-order valence-corrected chi connectivity index (χ0v) is 13.3. The summed E-state index contributed by atoms with van der Waals surface area (Å²) in [7, 11) is 0. The van der Waals surface area contributed by atoms with Crippen LogP contribution in [-0.2, 0) is 4.79 Å². The fraction of sp³-hybridized carbons (Fsp3) is 0.938. The second-order valence-electron chi connectivity index (χ2n) is 7.10. The molecule has 4 nitrogen and oxygen atoms in total. The molecule has 0 aromatic heterocycles. The van der Waals surface area contributed by atoms with Crippen LogP contribution in [0.3, 0.4) is 0 Å². The number of rotatable bonds is 6. The molecule has 0 spiro atoms. The lowest BCUT2D eigenvalue weighted by Crippen LogP contribution is -2.57. The molecule has 1 aliphatic carbocycles. The quantitative estimate of drug-likeness (QED) is 0.783. The summed E-state index contributed by atoms with van der Waals surface area (Å²) in [4.78, 5) is 14.5. The molecule has 2 aliphatic rings. The summed E-state index contributed by atoms with van der Waals surface area (Å²) in [6.45, 7) is 7.70. The summed E-state index contributed by atoms with van der Waals surface area (Å²) in [5.74, 6) is -0.210. The minimum atomic E-state index is -0.563. The molecular weight excluding hydrogens is 250 g/mol. The van der Waals surface area contributed by atoms with E-state index in [-0.39, 0.29) is 5.91 Å². The van der Waals surface area contributed by atoms with Crippen molar-refractivity contribution < 1.29 is 4.79 Å². The number of hydrogen-bond acceptors (Lipinski definition) is 3. The van der Waals surface area contributed by atoms with Gasteiger partial charge in [0.1, 0.15) is 0 Å². The highest BCUT2D eigenvalue weighted by Crippen LogP contribution is 2.27. The van der Waals surface area contributed by atoms with Crippen molar-refractivity contribution in [2.24, 2.45) is 5.73 Å². The van der Waals surface area contributed by atoms with Crippen LogP contribution >= 0.6 is 0 Å². The number of carbonyl (C=O) groups is 1. The fourth-order valence-corrected chi connectivity index (χ4v) is 3.57. The first-order valence-electron chi connectivity index (χ1n) is 8.26. The highest BCUT2D eigenvalue weighted by atomic mass is 16.1. The number of hydrogen-bond donors (Lipinski definition) is 2. The fourth-order valence-electron chi connectivity index (χ4n) is 3.57. The van der Waals surface area contributed by atoms with Gasteiger partial charge in [0.2, 0.25) is 5.91 Å². The molecule has 0 radical (unpaired) electrons. The van der Waals surface area contributed by atoms with Gasteiger partial charge in [0.05, 0.1) is 5.54 Å². The Bertz CT molecular complexity index is 343. The van der Waals surface area contributed by atoms with Crippen molar-refractivity contribution in [3.8, 4) is 0 Å². The van der Waals surface area contributed by atoms with E-state index in [1.54, 1.807) is 0 Å². The normalized spacial score (nSPS) is 29.4. The number of primary amides is 1. The summed E-state index contributed by atoms with van der Waals surface area (Å²) >= 11 is 0. The van der Waals surface area contributed by atoms with Gasteiger partial charge in [-0.25, -0.2) is 0 Å². The molecule has 1 saturated heterocycles. The van der Waals surface area contributed by atoms with E-state index in [0.29, 0.717) is 18.1 Å². The second-order valence-corrected chi connectivity index (χ2v) is 7.10. The summed E-state index contributed by atoms with van der Waals surface area (Å²) < 4.78 is 0. The maximum atomic E-state index is 11.9. The number of nitrogens with one attached hydrogen (secondary N) is 1. The standard InChI is InChI=1S/C16H31N3O/c1-12-7-5-4-6-10-19(12)13(2)11-16(3,15(17)20)18-14-8-9-14/h12-14,18H,4-11H2,1-3H3,(H2,17,20). The van der Waals surface area contributed by atoms with Crippen molar-refractivity contribution in [2.75, 3.05) is 6.54 Å². The maximum absolute atomic E-state index is 11.9. The van der Waals surface area contributed by atoms with E-state index in [9.17, 15) is 4.79 Å². The third-order valence-electron chi connectivity index (χ3n) is 5.02. The smallest absolute Gasteiger partial charge is 0.237 e. The molecule has 4 heteroatoms. The number of amides is 1. The number of likely N-dealkylation sites (tertiary alicyclic amines) is 1. The van der Waals surface area contributed by atoms with Gasteiger partial charge in [-0.1, -0.05) is 12.8 Å². The van der Waals surface area contributed by atoms with Crippen molar-refractivity contribution in [2.45, 2.75) is 89.4 Å². The molecule has 1 aliphatic heterocycles. The zero-order valence-electron chi connectivity index (χ0n) is 13.3. The van der Waals surface area contributed by atoms with Gasteiger partial charge < -0.3 is 11.1 Å². The van der Waals surface area contributed by atoms with Crippen molar-refractivity contribution in [3.63, 3.8) is 0 Å². The number of nitrogens with zero attached hydrogens (tertiary/aromatic N) is 1. The first-order chi connectivity index (χ1) is 9.42. The van der Waals surface area contributed by atoms with Crippen molar-refractivity contribution in [3.05, 3.63) is 0 Å². The molecule has 3 unspecified atom stereocenters. The van der Waals surface area contributed by atoms with E-state index in [1.165, 1.54) is 38.5 Å². The Kier molecular flexibility index (Phi) is 5.08. The Balaban J connectivity index is 1.98. The predicted molar refractivity (Wildman–Crippen MR) is 82.5 cm³/mol. The first kappa shape index (κ1) is 15.8. The van der Waals surface area contributed by atoms with Crippen LogP contribution < -0.4 is 11.1 Å². The van der Waals surface area contributed by atoms with Crippen molar-refractivity contribution in [1.82, 2.24) is 10.2 Å². The van der Waals surface area contributed by atoms with Crippen molar-refractivity contribution >= 4 is 5.91 Å². The summed E-state index contributed by atoms with van der Waals surface area (Å²) in [6, 6.07) is 1.51. The van der Waals surface area contributed by atoms with Gasteiger partial charge in [-0.2, -0.15) is 0 Å². The van der Waals surface area contributed by atoms with Crippen LogP contribution in [0.1, 0.15) is 65.7 Å². The van der Waals surface area contributed by atoms with E-state index in [0.717, 1.165) is 13.0 Å². The number of carbonyl (C=O) groups excluding carboxylic acids is 1. The van der Waals surface area contributed by atoms with Gasteiger partial charge in [-0.05, 0) is 59.4 Å². The van der Waals surface area contributed by atoms with Gasteiger partial charge >= 0.3 is 0 Å². The highest BCUT2D eigenvalue weighted by molar-refractivity contribution is 5.84. The van der Waals surface area contributed by atoms with Gasteiger partial charge in [-0.3, -0.25) is 9.69 Å². The Morgan fingerprint density at radius 3 is 2.65 bits per heavy atom. The molecule has 2 fully saturated rings. The number of nitrogens with two attached hydrogens (primary N) is 1. The van der Waals surface area contributed by atoms with E-state index in [2.05, 4.69) is 24.1 Å². The minimum absolute atomic E-state index is 0.210. The first-order valence-corrected chi connectivity index (χ1v) is 8.26. The Morgan fingerprint density at radius 2 is 2.05 bits per heavy atom. The third kappa shape index (κ3) is 3.95. The lowest BCUT2D eigenvalue weighted by Gasteiger charge is -2.38. The Hall–Kier alpha value is -0.610. The maximum Gasteiger partial charge on any atom is 0.237 e. The monoisotopic (exact) mass is 281 g/mol. The molecule has 3 atom stereocenters. The SMILES string of the molecule is CC1CCCCCN1C(C)CC(C)(NC1CC1)C(N)=O. The molecule has 0 bridgehead atoms. The predicted octanol–water partition coefficient (Wildman–Crippen LogP) is 2.03. The van der Waals surface area contributed by atoms with Gasteiger partial charge in [0.15, 0.2) is 0 Å². The van der Waals surface area contributed by atoms with Crippen LogP contribution in [0.25, 0.3) is 0 Å². The molecule has 1 amide bonds. The average molecular weight is 281 g/mol. The molecule has 0 aromatic rings. The lowest BCUT2D eigenvalue weighted by molar-refractivity contribution is -0.124. The van der Waals surface area contributed by atoms with E-state index in [1.807, 2.05) is 6.92 Å². The molecule has 1 saturated carbocycles. The largest absolute Gasteiger partial charge is 0.368 e. The molecule has 116 valence electrons. The Labute approximate surface area is 123 Å². The van der Waals surface area contributed by atoms with Crippen LogP contribution in [0.5, 0.6) is 0 Å². The lowest BCUT2D eigenvalue weighted by atomic mass is 9.91. The molecule has 20 heavy (non-hydrogen) atoms. The van der Waals surface area contributed by atoms with Crippen LogP contribution in [0.15, 0.2) is 0 Å². The third-order valence-corrected chi connectivity index (χ3v) is 5.02. The van der Waals surface area contributed by atoms with Gasteiger partial charge in [0.25, 0.3) is 0 Å². The topological polar surface area (TPSA) is 58.4 Å². The molecular formula is C16H31N3O. The van der Waals surface area contributed by atoms with E-state index in [4.69, 9.17) is 5.73 Å². The van der Waals surface area contributed by atoms with Crippen LogP contribution in [0, 0.1) is 0 Å². The van der Waals surface area contributed by atoms with Gasteiger partial charge in [0, 0.05) is 18.1 Å². The van der Waals surface area contributed by atoms with E-state index < -0.39 is 5.54 Å². The summed E-state index contributed by atoms with van der Waals surface area (Å²) in [5, 5.41) is 3.47. The Morgan fingerprint density at radius 1 is 1.35 bits per heavy atom.